The van der Waals surface area contributed by atoms with Crippen molar-refractivity contribution in [1.29, 1.82) is 0 Å². The fourth-order valence-electron chi connectivity index (χ4n) is 3.47. The highest BCUT2D eigenvalue weighted by Gasteiger charge is 2.15. The number of rotatable bonds is 11. The minimum Gasteiger partial charge on any atom is -0.379 e. The monoisotopic (exact) mass is 476 g/mol. The second-order valence-electron chi connectivity index (χ2n) is 7.94. The molecule has 2 amide bonds. The fraction of sp³-hybridized carbons (Fsp3) is 0.320. The van der Waals surface area contributed by atoms with E-state index >= 15 is 0 Å². The molecule has 0 unspecified atom stereocenters. The quantitative estimate of drug-likeness (QED) is 0.128. The van der Waals surface area contributed by atoms with E-state index in [1.54, 1.807) is 42.5 Å². The van der Waals surface area contributed by atoms with E-state index in [9.17, 15) is 14.4 Å². The molecule has 1 aliphatic rings. The zero-order valence-corrected chi connectivity index (χ0v) is 19.4. The van der Waals surface area contributed by atoms with Gasteiger partial charge in [-0.3, -0.25) is 14.5 Å². The Bertz CT molecular complexity index is 1090. The summed E-state index contributed by atoms with van der Waals surface area (Å²) in [6.07, 6.45) is 3.17. The van der Waals surface area contributed by atoms with Crippen molar-refractivity contribution >= 4 is 29.9 Å². The Hall–Kier alpha value is -3.98. The van der Waals surface area contributed by atoms with Gasteiger partial charge in [0.05, 0.1) is 13.2 Å². The Morgan fingerprint density at radius 2 is 1.80 bits per heavy atom. The highest BCUT2D eigenvalue weighted by Crippen LogP contribution is 2.16. The zero-order chi connectivity index (χ0) is 24.9. The van der Waals surface area contributed by atoms with Gasteiger partial charge in [0.15, 0.2) is 0 Å². The fourth-order valence-corrected chi connectivity index (χ4v) is 3.47. The topological polar surface area (TPSA) is 136 Å². The zero-order valence-electron chi connectivity index (χ0n) is 19.4. The lowest BCUT2D eigenvalue weighted by molar-refractivity contribution is -0.118. The van der Waals surface area contributed by atoms with Crippen molar-refractivity contribution in [3.63, 3.8) is 0 Å². The van der Waals surface area contributed by atoms with Crippen molar-refractivity contribution in [3.05, 3.63) is 81.4 Å². The first kappa shape index (κ1) is 25.6. The highest BCUT2D eigenvalue weighted by atomic mass is 16.5. The lowest BCUT2D eigenvalue weighted by atomic mass is 10.1. The maximum atomic E-state index is 12.9. The summed E-state index contributed by atoms with van der Waals surface area (Å²) in [5, 5.41) is 8.94. The van der Waals surface area contributed by atoms with Gasteiger partial charge in [-0.15, -0.1) is 0 Å². The van der Waals surface area contributed by atoms with E-state index in [2.05, 4.69) is 25.6 Å². The minimum atomic E-state index is -0.465. The van der Waals surface area contributed by atoms with Crippen molar-refractivity contribution in [2.24, 2.45) is 5.11 Å². The first-order valence-corrected chi connectivity index (χ1v) is 11.4. The average Bonchev–Trinajstić information content (AvgIpc) is 2.88. The molecule has 1 heterocycles. The predicted octanol–water partition coefficient (Wildman–Crippen LogP) is 3.33. The highest BCUT2D eigenvalue weighted by molar-refractivity contribution is 6.05. The normalized spacial score (nSPS) is 14.0. The Morgan fingerprint density at radius 1 is 1.09 bits per heavy atom. The molecule has 0 radical (unpaired) electrons. The van der Waals surface area contributed by atoms with E-state index in [4.69, 9.17) is 10.3 Å². The third-order valence-corrected chi connectivity index (χ3v) is 5.37. The number of azide groups is 1. The summed E-state index contributed by atoms with van der Waals surface area (Å²) in [6.45, 7) is 4.29. The first-order valence-electron chi connectivity index (χ1n) is 11.4. The number of hydrogen-bond donors (Lipinski definition) is 2. The summed E-state index contributed by atoms with van der Waals surface area (Å²) in [5.41, 5.74) is 11.2. The number of nitrogens with one attached hydrogen (secondary N) is 2. The molecule has 10 heteroatoms. The lowest BCUT2D eigenvalue weighted by Crippen LogP contribution is -2.36. The SMILES string of the molecule is [N-]=[N+]=Nc1ccc(/C=C(\NC(=O)c2ccc(CN3CCOCC3)cc2)C(=O)NCCCC=O)cc1. The number of aldehydes is 1. The van der Waals surface area contributed by atoms with Gasteiger partial charge in [0.2, 0.25) is 0 Å². The molecule has 10 nitrogen and oxygen atoms in total. The Morgan fingerprint density at radius 3 is 2.46 bits per heavy atom. The molecular weight excluding hydrogens is 448 g/mol. The molecule has 182 valence electrons. The summed E-state index contributed by atoms with van der Waals surface area (Å²) in [6, 6.07) is 13.9. The first-order chi connectivity index (χ1) is 17.1. The summed E-state index contributed by atoms with van der Waals surface area (Å²) < 4.78 is 5.37. The molecule has 0 aliphatic carbocycles. The molecule has 0 saturated carbocycles. The van der Waals surface area contributed by atoms with E-state index in [-0.39, 0.29) is 5.70 Å². The summed E-state index contributed by atoms with van der Waals surface area (Å²) in [4.78, 5) is 41.2. The van der Waals surface area contributed by atoms with Crippen LogP contribution >= 0.6 is 0 Å². The van der Waals surface area contributed by atoms with E-state index in [1.807, 2.05) is 12.1 Å². The number of nitrogens with zero attached hydrogens (tertiary/aromatic N) is 4. The Kier molecular flexibility index (Phi) is 10.0. The number of benzene rings is 2. The Balaban J connectivity index is 1.71. The van der Waals surface area contributed by atoms with Gasteiger partial charge in [-0.25, -0.2) is 0 Å². The van der Waals surface area contributed by atoms with E-state index < -0.39 is 11.8 Å². The maximum Gasteiger partial charge on any atom is 0.267 e. The van der Waals surface area contributed by atoms with Crippen molar-refractivity contribution in [2.45, 2.75) is 19.4 Å². The second-order valence-corrected chi connectivity index (χ2v) is 7.94. The van der Waals surface area contributed by atoms with Crippen molar-refractivity contribution in [2.75, 3.05) is 32.8 Å². The molecular formula is C25H28N6O4. The molecule has 2 aromatic rings. The van der Waals surface area contributed by atoms with Crippen LogP contribution in [-0.2, 0) is 20.9 Å². The lowest BCUT2D eigenvalue weighted by Gasteiger charge is -2.26. The number of unbranched alkanes of at least 4 members (excludes halogenated alkanes) is 1. The molecule has 2 N–H and O–H groups in total. The number of ether oxygens (including phenoxy) is 1. The molecule has 0 aromatic heterocycles. The van der Waals surface area contributed by atoms with E-state index in [1.165, 1.54) is 0 Å². The van der Waals surface area contributed by atoms with Crippen LogP contribution in [0.1, 0.15) is 34.3 Å². The third-order valence-electron chi connectivity index (χ3n) is 5.37. The smallest absolute Gasteiger partial charge is 0.267 e. The van der Waals surface area contributed by atoms with Gasteiger partial charge in [-0.1, -0.05) is 41.5 Å². The number of carbonyl (C=O) groups excluding carboxylic acids is 3. The molecule has 1 fully saturated rings. The van der Waals surface area contributed by atoms with Gasteiger partial charge in [0, 0.05) is 48.8 Å². The maximum absolute atomic E-state index is 12.9. The third kappa shape index (κ3) is 8.38. The van der Waals surface area contributed by atoms with Gasteiger partial charge >= 0.3 is 0 Å². The van der Waals surface area contributed by atoms with Gasteiger partial charge in [0.1, 0.15) is 12.0 Å². The van der Waals surface area contributed by atoms with Crippen LogP contribution in [0, 0.1) is 0 Å². The van der Waals surface area contributed by atoms with Crippen molar-refractivity contribution < 1.29 is 19.1 Å². The number of hydrogen-bond acceptors (Lipinski definition) is 6. The van der Waals surface area contributed by atoms with Gasteiger partial charge in [0.25, 0.3) is 11.8 Å². The second kappa shape index (κ2) is 13.7. The standard InChI is InChI=1S/C25H28N6O4/c26-30-29-22-9-5-19(6-10-22)17-23(25(34)27-11-1-2-14-32)28-24(33)21-7-3-20(4-8-21)18-31-12-15-35-16-13-31/h3-10,14,17H,1-2,11-13,15-16,18H2,(H,27,34)(H,28,33)/b23-17-. The van der Waals surface area contributed by atoms with Crippen molar-refractivity contribution in [1.82, 2.24) is 15.5 Å². The van der Waals surface area contributed by atoms with Crippen LogP contribution in [0.3, 0.4) is 0 Å². The molecule has 0 atom stereocenters. The van der Waals surface area contributed by atoms with Crippen LogP contribution in [0.4, 0.5) is 5.69 Å². The molecule has 35 heavy (non-hydrogen) atoms. The Labute approximate surface area is 203 Å². The van der Waals surface area contributed by atoms with Crippen molar-refractivity contribution in [3.8, 4) is 0 Å². The minimum absolute atomic E-state index is 0.0648. The van der Waals surface area contributed by atoms with Crippen LogP contribution in [0.15, 0.2) is 59.3 Å². The molecule has 1 saturated heterocycles. The molecule has 3 rings (SSSR count). The van der Waals surface area contributed by atoms with E-state index in [0.717, 1.165) is 44.7 Å². The summed E-state index contributed by atoms with van der Waals surface area (Å²) in [7, 11) is 0. The van der Waals surface area contributed by atoms with Crippen LogP contribution < -0.4 is 10.6 Å². The van der Waals surface area contributed by atoms with Gasteiger partial charge < -0.3 is 20.2 Å². The van der Waals surface area contributed by atoms with Crippen LogP contribution in [0.5, 0.6) is 0 Å². The molecule has 2 aromatic carbocycles. The van der Waals surface area contributed by atoms with Crippen LogP contribution in [0.25, 0.3) is 16.5 Å². The molecule has 1 aliphatic heterocycles. The van der Waals surface area contributed by atoms with Gasteiger partial charge in [-0.2, -0.15) is 0 Å². The van der Waals surface area contributed by atoms with Gasteiger partial charge in [-0.05, 0) is 41.3 Å². The number of carbonyl (C=O) groups is 3. The predicted molar refractivity (Wildman–Crippen MR) is 132 cm³/mol. The van der Waals surface area contributed by atoms with Crippen LogP contribution in [0.2, 0.25) is 0 Å². The number of amides is 2. The summed E-state index contributed by atoms with van der Waals surface area (Å²) in [5.74, 6) is -0.879. The van der Waals surface area contributed by atoms with Crippen LogP contribution in [-0.4, -0.2) is 55.8 Å². The molecule has 0 bridgehead atoms. The molecule has 0 spiro atoms. The summed E-state index contributed by atoms with van der Waals surface area (Å²) >= 11 is 0. The average molecular weight is 477 g/mol. The number of morpholine rings is 1. The van der Waals surface area contributed by atoms with E-state index in [0.29, 0.717) is 36.2 Å². The largest absolute Gasteiger partial charge is 0.379 e.